The van der Waals surface area contributed by atoms with E-state index in [1.54, 1.807) is 0 Å². The van der Waals surface area contributed by atoms with E-state index in [1.165, 1.54) is 25.7 Å². The average molecular weight is 126 g/mol. The van der Waals surface area contributed by atoms with Gasteiger partial charge in [0, 0.05) is 0 Å². The van der Waals surface area contributed by atoms with Gasteiger partial charge in [-0.2, -0.15) is 0 Å². The minimum atomic E-state index is 0.626. The van der Waals surface area contributed by atoms with Gasteiger partial charge < -0.3 is 0 Å². The zero-order valence-corrected chi connectivity index (χ0v) is 6.91. The van der Waals surface area contributed by atoms with Gasteiger partial charge in [0.15, 0.2) is 0 Å². The number of hydrogen-bond donors (Lipinski definition) is 0. The normalized spacial score (nSPS) is 20.3. The predicted octanol–water partition coefficient (Wildman–Crippen LogP) is 3.22. The molecule has 0 N–H and O–H groups in total. The molecule has 1 saturated carbocycles. The summed E-state index contributed by atoms with van der Waals surface area (Å²) in [7, 11) is 0. The van der Waals surface area contributed by atoms with Crippen molar-refractivity contribution >= 4 is 0 Å². The third kappa shape index (κ3) is 2.38. The van der Waals surface area contributed by atoms with E-state index < -0.39 is 0 Å². The molecule has 0 unspecified atom stereocenters. The molecule has 0 aromatic heterocycles. The van der Waals surface area contributed by atoms with Crippen LogP contribution in [0.1, 0.15) is 46.5 Å². The summed E-state index contributed by atoms with van der Waals surface area (Å²) in [6, 6.07) is 0. The quantitative estimate of drug-likeness (QED) is 0.544. The lowest BCUT2D eigenvalue weighted by atomic mass is 9.84. The summed E-state index contributed by atoms with van der Waals surface area (Å²) < 4.78 is 0. The molecule has 0 aromatic rings. The monoisotopic (exact) mass is 126 g/mol. The summed E-state index contributed by atoms with van der Waals surface area (Å²) in [5.74, 6) is 1.10. The molecule has 0 radical (unpaired) electrons. The molecule has 1 rings (SSSR count). The molecule has 0 amide bonds. The Morgan fingerprint density at radius 2 is 1.89 bits per heavy atom. The van der Waals surface area contributed by atoms with Crippen LogP contribution < -0.4 is 0 Å². The minimum absolute atomic E-state index is 0.626. The topological polar surface area (TPSA) is 0 Å². The highest BCUT2D eigenvalue weighted by atomic mass is 14.3. The fourth-order valence-electron chi connectivity index (χ4n) is 1.25. The standard InChI is InChI=1S/C9H18/c1-4-9(2,3)7-8-5-6-8/h8H,4-7H2,1-3H3. The highest BCUT2D eigenvalue weighted by molar-refractivity contribution is 4.80. The molecule has 0 aromatic carbocycles. The zero-order chi connectivity index (χ0) is 6.91. The van der Waals surface area contributed by atoms with Gasteiger partial charge >= 0.3 is 0 Å². The fraction of sp³-hybridized carbons (Fsp3) is 1.00. The molecule has 0 aliphatic heterocycles. The van der Waals surface area contributed by atoms with E-state index in [9.17, 15) is 0 Å². The predicted molar refractivity (Wildman–Crippen MR) is 41.4 cm³/mol. The molecule has 0 spiro atoms. The SMILES string of the molecule is CCC(C)(C)CC1CC1. The first-order valence-corrected chi connectivity index (χ1v) is 4.14. The summed E-state index contributed by atoms with van der Waals surface area (Å²) in [6.45, 7) is 7.05. The van der Waals surface area contributed by atoms with Gasteiger partial charge in [-0.25, -0.2) is 0 Å². The van der Waals surface area contributed by atoms with Crippen LogP contribution >= 0.6 is 0 Å². The second kappa shape index (κ2) is 2.32. The van der Waals surface area contributed by atoms with Crippen molar-refractivity contribution in [3.05, 3.63) is 0 Å². The van der Waals surface area contributed by atoms with Gasteiger partial charge in [0.1, 0.15) is 0 Å². The van der Waals surface area contributed by atoms with Crippen molar-refractivity contribution < 1.29 is 0 Å². The lowest BCUT2D eigenvalue weighted by Crippen LogP contribution is -2.09. The smallest absolute Gasteiger partial charge is 0.0354 e. The molecule has 1 aliphatic carbocycles. The molecule has 1 fully saturated rings. The van der Waals surface area contributed by atoms with Gasteiger partial charge in [-0.1, -0.05) is 40.0 Å². The van der Waals surface area contributed by atoms with E-state index in [1.807, 2.05) is 0 Å². The van der Waals surface area contributed by atoms with E-state index in [4.69, 9.17) is 0 Å². The summed E-state index contributed by atoms with van der Waals surface area (Å²) in [4.78, 5) is 0. The Balaban J connectivity index is 2.21. The van der Waals surface area contributed by atoms with Crippen molar-refractivity contribution in [3.8, 4) is 0 Å². The van der Waals surface area contributed by atoms with Crippen LogP contribution in [-0.4, -0.2) is 0 Å². The molecule has 54 valence electrons. The summed E-state index contributed by atoms with van der Waals surface area (Å²) in [6.07, 6.45) is 5.81. The first-order chi connectivity index (χ1) is 4.14. The molecule has 0 saturated heterocycles. The lowest BCUT2D eigenvalue weighted by molar-refractivity contribution is 0.303. The van der Waals surface area contributed by atoms with Gasteiger partial charge in [-0.15, -0.1) is 0 Å². The molecular formula is C9H18. The Kier molecular flexibility index (Phi) is 1.83. The third-order valence-electron chi connectivity index (χ3n) is 2.50. The zero-order valence-electron chi connectivity index (χ0n) is 6.91. The summed E-state index contributed by atoms with van der Waals surface area (Å²) in [5, 5.41) is 0. The Labute approximate surface area is 58.7 Å². The molecule has 0 heteroatoms. The van der Waals surface area contributed by atoms with Crippen molar-refractivity contribution in [2.45, 2.75) is 46.5 Å². The van der Waals surface area contributed by atoms with E-state index in [0.717, 1.165) is 5.92 Å². The van der Waals surface area contributed by atoms with Crippen molar-refractivity contribution in [2.75, 3.05) is 0 Å². The Morgan fingerprint density at radius 1 is 1.33 bits per heavy atom. The van der Waals surface area contributed by atoms with Crippen LogP contribution in [0.25, 0.3) is 0 Å². The van der Waals surface area contributed by atoms with Crippen LogP contribution in [0.2, 0.25) is 0 Å². The number of rotatable bonds is 3. The van der Waals surface area contributed by atoms with Gasteiger partial charge in [0.25, 0.3) is 0 Å². The maximum atomic E-state index is 2.38. The van der Waals surface area contributed by atoms with Gasteiger partial charge in [0.2, 0.25) is 0 Å². The van der Waals surface area contributed by atoms with Gasteiger partial charge in [0.05, 0.1) is 0 Å². The second-order valence-electron chi connectivity index (χ2n) is 4.17. The molecule has 9 heavy (non-hydrogen) atoms. The van der Waals surface area contributed by atoms with Crippen LogP contribution in [0.5, 0.6) is 0 Å². The Morgan fingerprint density at radius 3 is 2.22 bits per heavy atom. The third-order valence-corrected chi connectivity index (χ3v) is 2.50. The molecule has 0 nitrogen and oxygen atoms in total. The van der Waals surface area contributed by atoms with E-state index in [2.05, 4.69) is 20.8 Å². The van der Waals surface area contributed by atoms with E-state index >= 15 is 0 Å². The van der Waals surface area contributed by atoms with E-state index in [-0.39, 0.29) is 0 Å². The maximum Gasteiger partial charge on any atom is -0.0354 e. The van der Waals surface area contributed by atoms with Crippen LogP contribution in [-0.2, 0) is 0 Å². The fourth-order valence-corrected chi connectivity index (χ4v) is 1.25. The van der Waals surface area contributed by atoms with Crippen LogP contribution in [0, 0.1) is 11.3 Å². The molecule has 0 bridgehead atoms. The largest absolute Gasteiger partial charge is 0.0649 e. The Bertz CT molecular complexity index is 88.2. The molecule has 0 heterocycles. The van der Waals surface area contributed by atoms with Crippen molar-refractivity contribution in [1.82, 2.24) is 0 Å². The summed E-state index contributed by atoms with van der Waals surface area (Å²) in [5.41, 5.74) is 0.626. The molecule has 1 aliphatic rings. The maximum absolute atomic E-state index is 2.38. The lowest BCUT2D eigenvalue weighted by Gasteiger charge is -2.21. The van der Waals surface area contributed by atoms with Crippen LogP contribution in [0.3, 0.4) is 0 Å². The van der Waals surface area contributed by atoms with Crippen molar-refractivity contribution in [3.63, 3.8) is 0 Å². The Hall–Kier alpha value is 0. The minimum Gasteiger partial charge on any atom is -0.0649 e. The first kappa shape index (κ1) is 7.11. The average Bonchev–Trinajstić information content (AvgIpc) is 2.50. The number of hydrogen-bond acceptors (Lipinski definition) is 0. The highest BCUT2D eigenvalue weighted by Crippen LogP contribution is 2.41. The molecular weight excluding hydrogens is 108 g/mol. The first-order valence-electron chi connectivity index (χ1n) is 4.14. The van der Waals surface area contributed by atoms with Gasteiger partial charge in [-0.3, -0.25) is 0 Å². The van der Waals surface area contributed by atoms with Crippen molar-refractivity contribution in [1.29, 1.82) is 0 Å². The van der Waals surface area contributed by atoms with Crippen LogP contribution in [0.15, 0.2) is 0 Å². The van der Waals surface area contributed by atoms with Crippen LogP contribution in [0.4, 0.5) is 0 Å². The highest BCUT2D eigenvalue weighted by Gasteiger charge is 2.28. The summed E-state index contributed by atoms with van der Waals surface area (Å²) >= 11 is 0. The molecule has 0 atom stereocenters. The van der Waals surface area contributed by atoms with E-state index in [0.29, 0.717) is 5.41 Å². The van der Waals surface area contributed by atoms with Crippen molar-refractivity contribution in [2.24, 2.45) is 11.3 Å². The van der Waals surface area contributed by atoms with Gasteiger partial charge in [-0.05, 0) is 17.8 Å². The second-order valence-corrected chi connectivity index (χ2v) is 4.17.